The van der Waals surface area contributed by atoms with Crippen molar-refractivity contribution >= 4 is 23.1 Å². The Bertz CT molecular complexity index is 745. The molecule has 0 saturated heterocycles. The lowest BCUT2D eigenvalue weighted by Crippen LogP contribution is -2.12. The van der Waals surface area contributed by atoms with Gasteiger partial charge in [0, 0.05) is 28.9 Å². The lowest BCUT2D eigenvalue weighted by molar-refractivity contribution is -0.137. The van der Waals surface area contributed by atoms with Gasteiger partial charge in [0.1, 0.15) is 0 Å². The normalized spacial score (nSPS) is 11.5. The first-order valence-corrected chi connectivity index (χ1v) is 6.90. The Labute approximate surface area is 135 Å². The molecule has 23 heavy (non-hydrogen) atoms. The smallest absolute Gasteiger partial charge is 0.398 e. The molecule has 3 nitrogen and oxygen atoms in total. The highest BCUT2D eigenvalue weighted by atomic mass is 35.5. The van der Waals surface area contributed by atoms with Crippen LogP contribution in [-0.2, 0) is 17.5 Å². The summed E-state index contributed by atoms with van der Waals surface area (Å²) >= 11 is 5.89. The fourth-order valence-electron chi connectivity index (χ4n) is 2.12. The number of anilines is 1. The van der Waals surface area contributed by atoms with Gasteiger partial charge < -0.3 is 10.5 Å². The second-order valence-electron chi connectivity index (χ2n) is 4.86. The van der Waals surface area contributed by atoms with Gasteiger partial charge in [-0.05, 0) is 35.9 Å². The Kier molecular flexibility index (Phi) is 4.97. The number of hydrogen-bond acceptors (Lipinski definition) is 3. The van der Waals surface area contributed by atoms with Gasteiger partial charge in [0.05, 0.1) is 12.2 Å². The predicted octanol–water partition coefficient (Wildman–Crippen LogP) is 4.32. The summed E-state index contributed by atoms with van der Waals surface area (Å²) in [5.74, 6) is -0.636. The van der Waals surface area contributed by atoms with Crippen LogP contribution in [0.4, 0.5) is 18.9 Å². The molecule has 0 aromatic heterocycles. The maximum absolute atomic E-state index is 12.8. The molecule has 0 bridgehead atoms. The maximum Gasteiger partial charge on any atom is 0.416 e. The summed E-state index contributed by atoms with van der Waals surface area (Å²) in [6, 6.07) is 7.19. The molecule has 0 unspecified atom stereocenters. The van der Waals surface area contributed by atoms with Crippen molar-refractivity contribution in [3.05, 3.63) is 63.7 Å². The minimum Gasteiger partial charge on any atom is -0.398 e. The number of benzene rings is 2. The van der Waals surface area contributed by atoms with E-state index in [9.17, 15) is 18.0 Å². The fourth-order valence-corrected chi connectivity index (χ4v) is 2.29. The van der Waals surface area contributed by atoms with Crippen LogP contribution in [0.2, 0.25) is 5.02 Å². The summed E-state index contributed by atoms with van der Waals surface area (Å²) in [6.45, 7) is 0.122. The molecule has 0 atom stereocenters. The highest BCUT2D eigenvalue weighted by Gasteiger charge is 2.32. The van der Waals surface area contributed by atoms with Crippen LogP contribution in [0.15, 0.2) is 36.4 Å². The van der Waals surface area contributed by atoms with Crippen LogP contribution >= 0.6 is 11.6 Å². The van der Waals surface area contributed by atoms with E-state index in [-0.39, 0.29) is 23.4 Å². The van der Waals surface area contributed by atoms with Gasteiger partial charge in [0.15, 0.2) is 5.78 Å². The Hall–Kier alpha value is -2.05. The number of rotatable bonds is 4. The van der Waals surface area contributed by atoms with E-state index in [0.29, 0.717) is 10.6 Å². The summed E-state index contributed by atoms with van der Waals surface area (Å²) < 4.78 is 43.5. The molecule has 0 saturated carbocycles. The number of alkyl halides is 3. The van der Waals surface area contributed by atoms with Gasteiger partial charge in [-0.2, -0.15) is 13.2 Å². The first-order valence-electron chi connectivity index (χ1n) is 6.53. The van der Waals surface area contributed by atoms with Crippen LogP contribution in [0.25, 0.3) is 0 Å². The molecule has 7 heteroatoms. The average molecular weight is 344 g/mol. The van der Waals surface area contributed by atoms with E-state index in [1.165, 1.54) is 13.2 Å². The van der Waals surface area contributed by atoms with Gasteiger partial charge in [-0.15, -0.1) is 0 Å². The number of methoxy groups -OCH3 is 1. The standard InChI is InChI=1S/C16H13ClF3NO2/c1-23-8-9-2-4-11(17)7-12(9)15(22)13-6-10(16(18,19)20)3-5-14(13)21/h2-7H,8,21H2,1H3. The van der Waals surface area contributed by atoms with Crippen LogP contribution < -0.4 is 5.73 Å². The number of nitrogen functional groups attached to an aromatic ring is 1. The monoisotopic (exact) mass is 343 g/mol. The number of halogens is 4. The van der Waals surface area contributed by atoms with Crippen molar-refractivity contribution in [2.24, 2.45) is 0 Å². The fraction of sp³-hybridized carbons (Fsp3) is 0.188. The summed E-state index contributed by atoms with van der Waals surface area (Å²) in [5.41, 5.74) is 5.15. The molecule has 0 radical (unpaired) electrons. The number of ether oxygens (including phenoxy) is 1. The molecule has 0 aliphatic carbocycles. The second-order valence-corrected chi connectivity index (χ2v) is 5.30. The predicted molar refractivity (Wildman–Crippen MR) is 81.5 cm³/mol. The summed E-state index contributed by atoms with van der Waals surface area (Å²) in [4.78, 5) is 12.6. The Morgan fingerprint density at radius 1 is 1.17 bits per heavy atom. The molecular formula is C16H13ClF3NO2. The summed E-state index contributed by atoms with van der Waals surface area (Å²) in [7, 11) is 1.45. The van der Waals surface area contributed by atoms with E-state index in [4.69, 9.17) is 22.1 Å². The van der Waals surface area contributed by atoms with E-state index in [2.05, 4.69) is 0 Å². The number of hydrogen-bond donors (Lipinski definition) is 1. The molecule has 0 heterocycles. The molecule has 0 fully saturated rings. The van der Waals surface area contributed by atoms with Gasteiger partial charge in [-0.25, -0.2) is 0 Å². The van der Waals surface area contributed by atoms with Crippen molar-refractivity contribution in [3.8, 4) is 0 Å². The maximum atomic E-state index is 12.8. The van der Waals surface area contributed by atoms with E-state index in [1.54, 1.807) is 12.1 Å². The Balaban J connectivity index is 2.55. The largest absolute Gasteiger partial charge is 0.416 e. The third-order valence-corrected chi connectivity index (χ3v) is 3.48. The van der Waals surface area contributed by atoms with Crippen molar-refractivity contribution in [2.45, 2.75) is 12.8 Å². The van der Waals surface area contributed by atoms with Gasteiger partial charge in [0.2, 0.25) is 0 Å². The molecule has 0 aliphatic rings. The minimum atomic E-state index is -4.56. The number of nitrogens with two attached hydrogens (primary N) is 1. The zero-order chi connectivity index (χ0) is 17.2. The van der Waals surface area contributed by atoms with Crippen LogP contribution in [0.5, 0.6) is 0 Å². The van der Waals surface area contributed by atoms with Crippen molar-refractivity contribution in [2.75, 3.05) is 12.8 Å². The van der Waals surface area contributed by atoms with E-state index < -0.39 is 17.5 Å². The van der Waals surface area contributed by atoms with Gasteiger partial charge >= 0.3 is 6.18 Å². The molecule has 2 aromatic rings. The van der Waals surface area contributed by atoms with Crippen molar-refractivity contribution in [3.63, 3.8) is 0 Å². The van der Waals surface area contributed by atoms with Crippen molar-refractivity contribution < 1.29 is 22.7 Å². The third-order valence-electron chi connectivity index (χ3n) is 3.24. The molecule has 2 N–H and O–H groups in total. The molecule has 122 valence electrons. The molecule has 0 amide bonds. The highest BCUT2D eigenvalue weighted by Crippen LogP contribution is 2.32. The molecule has 2 aromatic carbocycles. The van der Waals surface area contributed by atoms with Gasteiger partial charge in [0.25, 0.3) is 0 Å². The van der Waals surface area contributed by atoms with Crippen LogP contribution in [0, 0.1) is 0 Å². The molecule has 0 spiro atoms. The zero-order valence-corrected chi connectivity index (χ0v) is 12.8. The second kappa shape index (κ2) is 6.60. The van der Waals surface area contributed by atoms with Crippen LogP contribution in [0.1, 0.15) is 27.0 Å². The number of carbonyl (C=O) groups is 1. The van der Waals surface area contributed by atoms with E-state index in [1.807, 2.05) is 0 Å². The van der Waals surface area contributed by atoms with E-state index in [0.717, 1.165) is 18.2 Å². The van der Waals surface area contributed by atoms with Crippen molar-refractivity contribution in [1.82, 2.24) is 0 Å². The lowest BCUT2D eigenvalue weighted by Gasteiger charge is -2.13. The molecular weight excluding hydrogens is 331 g/mol. The quantitative estimate of drug-likeness (QED) is 0.664. The minimum absolute atomic E-state index is 0.0358. The molecule has 0 aliphatic heterocycles. The van der Waals surface area contributed by atoms with Crippen LogP contribution in [0.3, 0.4) is 0 Å². The zero-order valence-electron chi connectivity index (χ0n) is 12.1. The summed E-state index contributed by atoms with van der Waals surface area (Å²) in [6.07, 6.45) is -4.56. The first kappa shape index (κ1) is 17.3. The first-order chi connectivity index (χ1) is 10.7. The van der Waals surface area contributed by atoms with E-state index >= 15 is 0 Å². The Morgan fingerprint density at radius 3 is 2.48 bits per heavy atom. The van der Waals surface area contributed by atoms with Gasteiger partial charge in [-0.1, -0.05) is 17.7 Å². The van der Waals surface area contributed by atoms with Gasteiger partial charge in [-0.3, -0.25) is 4.79 Å². The number of carbonyl (C=O) groups excluding carboxylic acids is 1. The van der Waals surface area contributed by atoms with Crippen molar-refractivity contribution in [1.29, 1.82) is 0 Å². The third kappa shape index (κ3) is 3.83. The highest BCUT2D eigenvalue weighted by molar-refractivity contribution is 6.31. The SMILES string of the molecule is COCc1ccc(Cl)cc1C(=O)c1cc(C(F)(F)F)ccc1N. The Morgan fingerprint density at radius 2 is 1.87 bits per heavy atom. The summed E-state index contributed by atoms with van der Waals surface area (Å²) in [5, 5.41) is 0.291. The number of ketones is 1. The topological polar surface area (TPSA) is 52.3 Å². The lowest BCUT2D eigenvalue weighted by atomic mass is 9.96. The molecule has 2 rings (SSSR count). The van der Waals surface area contributed by atoms with Crippen LogP contribution in [-0.4, -0.2) is 12.9 Å². The average Bonchev–Trinajstić information content (AvgIpc) is 2.48.